The van der Waals surface area contributed by atoms with Crippen molar-refractivity contribution in [1.82, 2.24) is 4.57 Å². The van der Waals surface area contributed by atoms with Gasteiger partial charge in [0.25, 0.3) is 0 Å². The monoisotopic (exact) mass is 337 g/mol. The number of aryl methyl sites for hydroxylation is 1. The van der Waals surface area contributed by atoms with Gasteiger partial charge in [0.05, 0.1) is 12.1 Å². The van der Waals surface area contributed by atoms with E-state index in [1.54, 1.807) is 6.20 Å². The van der Waals surface area contributed by atoms with Crippen LogP contribution in [0.25, 0.3) is 10.9 Å². The number of hydrogen-bond acceptors (Lipinski definition) is 2. The van der Waals surface area contributed by atoms with Crippen LogP contribution in [0.5, 0.6) is 5.75 Å². The van der Waals surface area contributed by atoms with Crippen molar-refractivity contribution < 1.29 is 14.6 Å². The summed E-state index contributed by atoms with van der Waals surface area (Å²) in [6.45, 7) is 7.43. The van der Waals surface area contributed by atoms with E-state index in [9.17, 15) is 9.90 Å². The second kappa shape index (κ2) is 7.01. The van der Waals surface area contributed by atoms with E-state index in [1.165, 1.54) is 11.1 Å². The average molecular weight is 337 g/mol. The van der Waals surface area contributed by atoms with Crippen LogP contribution in [-0.4, -0.2) is 22.2 Å². The molecule has 1 N–H and O–H groups in total. The van der Waals surface area contributed by atoms with Crippen LogP contribution in [0.15, 0.2) is 48.7 Å². The van der Waals surface area contributed by atoms with Gasteiger partial charge in [-0.05, 0) is 36.1 Å². The van der Waals surface area contributed by atoms with Gasteiger partial charge in [0, 0.05) is 17.1 Å². The summed E-state index contributed by atoms with van der Waals surface area (Å²) in [6, 6.07) is 13.8. The Balaban J connectivity index is 1.81. The van der Waals surface area contributed by atoms with Crippen LogP contribution >= 0.6 is 0 Å². The Morgan fingerprint density at radius 2 is 1.96 bits per heavy atom. The van der Waals surface area contributed by atoms with E-state index in [1.807, 2.05) is 28.8 Å². The second-order valence-corrected chi connectivity index (χ2v) is 6.60. The summed E-state index contributed by atoms with van der Waals surface area (Å²) in [5.41, 5.74) is 3.60. The quantitative estimate of drug-likeness (QED) is 0.699. The summed E-state index contributed by atoms with van der Waals surface area (Å²) < 4.78 is 7.98. The molecule has 0 fully saturated rings. The molecule has 0 unspecified atom stereocenters. The molecule has 3 rings (SSSR count). The predicted molar refractivity (Wildman–Crippen MR) is 99.7 cm³/mol. The maximum absolute atomic E-state index is 11.4. The fourth-order valence-corrected chi connectivity index (χ4v) is 3.10. The molecule has 2 aromatic carbocycles. The molecule has 0 amide bonds. The van der Waals surface area contributed by atoms with Crippen LogP contribution in [0.1, 0.15) is 41.3 Å². The van der Waals surface area contributed by atoms with Gasteiger partial charge in [0.15, 0.2) is 0 Å². The van der Waals surface area contributed by atoms with Crippen molar-refractivity contribution in [2.45, 2.75) is 33.2 Å². The minimum Gasteiger partial charge on any atom is -0.491 e. The lowest BCUT2D eigenvalue weighted by atomic mass is 10.0. The molecule has 3 aromatic rings. The molecule has 4 nitrogen and oxygen atoms in total. The van der Waals surface area contributed by atoms with Crippen LogP contribution in [0.3, 0.4) is 0 Å². The smallest absolute Gasteiger partial charge is 0.337 e. The van der Waals surface area contributed by atoms with Crippen molar-refractivity contribution in [1.29, 1.82) is 0 Å². The summed E-state index contributed by atoms with van der Waals surface area (Å²) >= 11 is 0. The highest BCUT2D eigenvalue weighted by Gasteiger charge is 2.14. The highest BCUT2D eigenvalue weighted by molar-refractivity contribution is 6.03. The molecule has 1 aromatic heterocycles. The molecule has 0 saturated carbocycles. The first-order valence-electron chi connectivity index (χ1n) is 8.52. The number of aromatic carboxylic acids is 1. The highest BCUT2D eigenvalue weighted by atomic mass is 16.5. The van der Waals surface area contributed by atoms with Gasteiger partial charge in [-0.3, -0.25) is 0 Å². The van der Waals surface area contributed by atoms with E-state index in [0.29, 0.717) is 24.6 Å². The summed E-state index contributed by atoms with van der Waals surface area (Å²) in [7, 11) is 0. The van der Waals surface area contributed by atoms with Gasteiger partial charge in [0.2, 0.25) is 0 Å². The lowest BCUT2D eigenvalue weighted by Crippen LogP contribution is -2.09. The van der Waals surface area contributed by atoms with E-state index in [2.05, 4.69) is 39.0 Å². The van der Waals surface area contributed by atoms with Crippen LogP contribution in [0.4, 0.5) is 0 Å². The molecule has 0 aliphatic heterocycles. The van der Waals surface area contributed by atoms with Gasteiger partial charge in [-0.15, -0.1) is 0 Å². The van der Waals surface area contributed by atoms with Gasteiger partial charge >= 0.3 is 5.97 Å². The Bertz CT molecular complexity index is 909. The minimum atomic E-state index is -0.906. The van der Waals surface area contributed by atoms with Crippen molar-refractivity contribution in [3.05, 3.63) is 65.4 Å². The van der Waals surface area contributed by atoms with E-state index in [-0.39, 0.29) is 0 Å². The van der Waals surface area contributed by atoms with E-state index in [0.717, 1.165) is 16.7 Å². The van der Waals surface area contributed by atoms with Crippen LogP contribution in [-0.2, 0) is 6.54 Å². The third-order valence-corrected chi connectivity index (χ3v) is 4.40. The van der Waals surface area contributed by atoms with Gasteiger partial charge in [-0.25, -0.2) is 4.79 Å². The minimum absolute atomic E-state index is 0.328. The lowest BCUT2D eigenvalue weighted by molar-refractivity contribution is 0.0698. The fraction of sp³-hybridized carbons (Fsp3) is 0.286. The molecule has 0 bridgehead atoms. The second-order valence-electron chi connectivity index (χ2n) is 6.60. The molecule has 0 atom stereocenters. The molecular weight excluding hydrogens is 314 g/mol. The molecule has 1 heterocycles. The van der Waals surface area contributed by atoms with Crippen LogP contribution < -0.4 is 4.74 Å². The number of nitrogens with zero attached hydrogens (tertiary/aromatic N) is 1. The zero-order chi connectivity index (χ0) is 18.0. The number of rotatable bonds is 6. The SMILES string of the molecule is Cc1ccc(C(C)C)c(OCCn2cc(C(=O)O)c3ccccc32)c1. The van der Waals surface area contributed by atoms with E-state index < -0.39 is 5.97 Å². The topological polar surface area (TPSA) is 51.5 Å². The number of carboxylic acids is 1. The Kier molecular flexibility index (Phi) is 4.79. The standard InChI is InChI=1S/C21H23NO3/c1-14(2)16-9-8-15(3)12-20(16)25-11-10-22-13-18(21(23)24)17-6-4-5-7-19(17)22/h4-9,12-14H,10-11H2,1-3H3,(H,23,24). The Labute approximate surface area is 147 Å². The Morgan fingerprint density at radius 1 is 1.20 bits per heavy atom. The van der Waals surface area contributed by atoms with Crippen molar-refractivity contribution >= 4 is 16.9 Å². The number of ether oxygens (including phenoxy) is 1. The Morgan fingerprint density at radius 3 is 2.68 bits per heavy atom. The van der Waals surface area contributed by atoms with E-state index >= 15 is 0 Å². The number of carbonyl (C=O) groups is 1. The molecular formula is C21H23NO3. The number of para-hydroxylation sites is 1. The zero-order valence-electron chi connectivity index (χ0n) is 14.8. The highest BCUT2D eigenvalue weighted by Crippen LogP contribution is 2.28. The van der Waals surface area contributed by atoms with Crippen LogP contribution in [0.2, 0.25) is 0 Å². The molecule has 130 valence electrons. The maximum Gasteiger partial charge on any atom is 0.337 e. The van der Waals surface area contributed by atoms with Crippen molar-refractivity contribution in [3.8, 4) is 5.75 Å². The van der Waals surface area contributed by atoms with E-state index in [4.69, 9.17) is 4.74 Å². The molecule has 0 aliphatic rings. The lowest BCUT2D eigenvalue weighted by Gasteiger charge is -2.15. The first-order valence-corrected chi connectivity index (χ1v) is 8.52. The number of aromatic nitrogens is 1. The predicted octanol–water partition coefficient (Wildman–Crippen LogP) is 4.85. The zero-order valence-corrected chi connectivity index (χ0v) is 14.8. The summed E-state index contributed by atoms with van der Waals surface area (Å²) in [4.78, 5) is 11.4. The first kappa shape index (κ1) is 17.1. The number of fused-ring (bicyclic) bond motifs is 1. The van der Waals surface area contributed by atoms with Crippen molar-refractivity contribution in [2.75, 3.05) is 6.61 Å². The molecule has 0 spiro atoms. The fourth-order valence-electron chi connectivity index (χ4n) is 3.10. The summed E-state index contributed by atoms with van der Waals surface area (Å²) in [5, 5.41) is 10.1. The molecule has 4 heteroatoms. The number of carboxylic acid groups (broad SMARTS) is 1. The van der Waals surface area contributed by atoms with Crippen molar-refractivity contribution in [3.63, 3.8) is 0 Å². The molecule has 0 radical (unpaired) electrons. The summed E-state index contributed by atoms with van der Waals surface area (Å²) in [6.07, 6.45) is 1.69. The number of benzene rings is 2. The third kappa shape index (κ3) is 3.53. The molecule has 0 saturated heterocycles. The Hall–Kier alpha value is -2.75. The first-order chi connectivity index (χ1) is 12.0. The van der Waals surface area contributed by atoms with Gasteiger partial charge in [0.1, 0.15) is 12.4 Å². The van der Waals surface area contributed by atoms with Crippen molar-refractivity contribution in [2.24, 2.45) is 0 Å². The van der Waals surface area contributed by atoms with Crippen LogP contribution in [0, 0.1) is 6.92 Å². The largest absolute Gasteiger partial charge is 0.491 e. The van der Waals surface area contributed by atoms with Gasteiger partial charge in [-0.2, -0.15) is 0 Å². The van der Waals surface area contributed by atoms with Gasteiger partial charge in [-0.1, -0.05) is 44.2 Å². The molecule has 0 aliphatic carbocycles. The summed E-state index contributed by atoms with van der Waals surface area (Å²) in [5.74, 6) is 0.392. The maximum atomic E-state index is 11.4. The average Bonchev–Trinajstić information content (AvgIpc) is 2.94. The number of hydrogen-bond donors (Lipinski definition) is 1. The normalized spacial score (nSPS) is 11.2. The third-order valence-electron chi connectivity index (χ3n) is 4.40. The molecule has 25 heavy (non-hydrogen) atoms. The van der Waals surface area contributed by atoms with Gasteiger partial charge < -0.3 is 14.4 Å².